The summed E-state index contributed by atoms with van der Waals surface area (Å²) in [6.45, 7) is 5.45. The predicted octanol–water partition coefficient (Wildman–Crippen LogP) is 2.68. The summed E-state index contributed by atoms with van der Waals surface area (Å²) in [5.41, 5.74) is 2.08. The highest BCUT2D eigenvalue weighted by Crippen LogP contribution is 2.17. The zero-order valence-corrected chi connectivity index (χ0v) is 14.1. The number of carbonyl (C=O) groups is 1. The van der Waals surface area contributed by atoms with E-state index >= 15 is 0 Å². The lowest BCUT2D eigenvalue weighted by Gasteiger charge is -2.29. The maximum absolute atomic E-state index is 12.2. The molecule has 118 valence electrons. The van der Waals surface area contributed by atoms with E-state index in [1.54, 1.807) is 0 Å². The van der Waals surface area contributed by atoms with E-state index in [4.69, 9.17) is 4.74 Å². The highest BCUT2D eigenvalue weighted by atomic mass is 35.5. The van der Waals surface area contributed by atoms with Gasteiger partial charge in [0.05, 0.1) is 12.7 Å². The molecule has 2 N–H and O–H groups in total. The molecule has 1 saturated heterocycles. The third-order valence-corrected chi connectivity index (χ3v) is 4.21. The van der Waals surface area contributed by atoms with Gasteiger partial charge in [0, 0.05) is 18.0 Å². The van der Waals surface area contributed by atoms with Crippen LogP contribution in [0.4, 0.5) is 5.69 Å². The molecule has 0 aromatic heterocycles. The fourth-order valence-electron chi connectivity index (χ4n) is 2.21. The van der Waals surface area contributed by atoms with Gasteiger partial charge in [0.25, 0.3) is 0 Å². The predicted molar refractivity (Wildman–Crippen MR) is 91.4 cm³/mol. The highest BCUT2D eigenvalue weighted by Gasteiger charge is 2.28. The lowest BCUT2D eigenvalue weighted by molar-refractivity contribution is -0.123. The van der Waals surface area contributed by atoms with Crippen molar-refractivity contribution in [3.63, 3.8) is 0 Å². The molecule has 1 aromatic rings. The molecule has 0 spiro atoms. The molecule has 2 rings (SSSR count). The molecule has 1 fully saturated rings. The van der Waals surface area contributed by atoms with E-state index in [2.05, 4.69) is 23.6 Å². The number of carbonyl (C=O) groups excluding carboxylic acids is 1. The zero-order chi connectivity index (χ0) is 14.4. The summed E-state index contributed by atoms with van der Waals surface area (Å²) in [7, 11) is 0. The monoisotopic (exact) mass is 330 g/mol. The number of benzene rings is 1. The van der Waals surface area contributed by atoms with Gasteiger partial charge in [-0.15, -0.1) is 12.4 Å². The normalized spacial score (nSPS) is 21.4. The third-order valence-electron chi connectivity index (χ3n) is 3.27. The zero-order valence-electron chi connectivity index (χ0n) is 12.4. The van der Waals surface area contributed by atoms with Gasteiger partial charge >= 0.3 is 0 Å². The molecule has 4 nitrogen and oxygen atoms in total. The number of hydrogen-bond acceptors (Lipinski definition) is 4. The van der Waals surface area contributed by atoms with Crippen LogP contribution in [0.25, 0.3) is 0 Å². The molecule has 2 atom stereocenters. The van der Waals surface area contributed by atoms with Gasteiger partial charge in [-0.05, 0) is 30.4 Å². The first-order chi connectivity index (χ1) is 9.70. The Morgan fingerprint density at radius 2 is 2.33 bits per heavy atom. The van der Waals surface area contributed by atoms with E-state index < -0.39 is 0 Å². The smallest absolute Gasteiger partial charge is 0.244 e. The van der Waals surface area contributed by atoms with E-state index in [1.807, 2.05) is 36.9 Å². The third kappa shape index (κ3) is 5.51. The van der Waals surface area contributed by atoms with Crippen molar-refractivity contribution in [2.45, 2.75) is 31.7 Å². The second-order valence-corrected chi connectivity index (χ2v) is 6.11. The molecule has 1 aromatic carbocycles. The molecule has 6 heteroatoms. The van der Waals surface area contributed by atoms with Gasteiger partial charge in [-0.3, -0.25) is 4.79 Å². The number of ether oxygens (including phenoxy) is 1. The molecule has 1 aliphatic heterocycles. The minimum absolute atomic E-state index is 0. The van der Waals surface area contributed by atoms with Gasteiger partial charge in [-0.25, -0.2) is 0 Å². The second-order valence-electron chi connectivity index (χ2n) is 4.83. The number of anilines is 1. The van der Waals surface area contributed by atoms with Gasteiger partial charge < -0.3 is 15.4 Å². The van der Waals surface area contributed by atoms with E-state index in [0.29, 0.717) is 6.61 Å². The molecular weight excluding hydrogens is 308 g/mol. The molecule has 0 saturated carbocycles. The lowest BCUT2D eigenvalue weighted by Crippen LogP contribution is -2.53. The molecule has 1 amide bonds. The first-order valence-electron chi connectivity index (χ1n) is 7.03. The molecule has 1 aliphatic rings. The lowest BCUT2D eigenvalue weighted by atomic mass is 10.1. The van der Waals surface area contributed by atoms with Crippen LogP contribution in [0.5, 0.6) is 0 Å². The standard InChI is InChI=1S/C15H22N2O2S.ClH/c1-3-20-10-12-5-4-6-13(9-12)17-15(18)14-11(2)19-8-7-16-14;/h4-6,9,11,14,16H,3,7-8,10H2,1-2H3,(H,17,18);1H/t11-,14+;/m1./s1. The summed E-state index contributed by atoms with van der Waals surface area (Å²) < 4.78 is 5.50. The van der Waals surface area contributed by atoms with Crippen LogP contribution in [0.1, 0.15) is 19.4 Å². The van der Waals surface area contributed by atoms with Crippen LogP contribution in [-0.2, 0) is 15.3 Å². The molecule has 0 radical (unpaired) electrons. The Morgan fingerprint density at radius 1 is 1.52 bits per heavy atom. The van der Waals surface area contributed by atoms with E-state index in [9.17, 15) is 4.79 Å². The van der Waals surface area contributed by atoms with Crippen molar-refractivity contribution in [2.24, 2.45) is 0 Å². The summed E-state index contributed by atoms with van der Waals surface area (Å²) in [4.78, 5) is 12.2. The van der Waals surface area contributed by atoms with Crippen LogP contribution in [0.2, 0.25) is 0 Å². The number of amides is 1. The van der Waals surface area contributed by atoms with Gasteiger partial charge in [0.1, 0.15) is 6.04 Å². The number of hydrogen-bond donors (Lipinski definition) is 2. The maximum atomic E-state index is 12.2. The topological polar surface area (TPSA) is 50.4 Å². The van der Waals surface area contributed by atoms with E-state index in [-0.39, 0.29) is 30.5 Å². The van der Waals surface area contributed by atoms with Crippen LogP contribution in [0, 0.1) is 0 Å². The summed E-state index contributed by atoms with van der Waals surface area (Å²) >= 11 is 1.87. The Kier molecular flexibility index (Phi) is 8.11. The Labute approximate surface area is 136 Å². The summed E-state index contributed by atoms with van der Waals surface area (Å²) in [5, 5.41) is 6.16. The minimum Gasteiger partial charge on any atom is -0.375 e. The SMILES string of the molecule is CCSCc1cccc(NC(=O)[C@H]2NCCO[C@@H]2C)c1.Cl. The van der Waals surface area contributed by atoms with E-state index in [1.165, 1.54) is 5.56 Å². The van der Waals surface area contributed by atoms with Crippen molar-refractivity contribution in [3.05, 3.63) is 29.8 Å². The van der Waals surface area contributed by atoms with Crippen molar-refractivity contribution in [3.8, 4) is 0 Å². The summed E-state index contributed by atoms with van der Waals surface area (Å²) in [6.07, 6.45) is -0.0948. The number of nitrogens with one attached hydrogen (secondary N) is 2. The Morgan fingerprint density at radius 3 is 3.05 bits per heavy atom. The second kappa shape index (κ2) is 9.30. The van der Waals surface area contributed by atoms with Crippen LogP contribution in [0.15, 0.2) is 24.3 Å². The van der Waals surface area contributed by atoms with Crippen LogP contribution < -0.4 is 10.6 Å². The average Bonchev–Trinajstić information content (AvgIpc) is 2.46. The molecule has 1 heterocycles. The van der Waals surface area contributed by atoms with Gasteiger partial charge in [-0.1, -0.05) is 19.1 Å². The number of morpholine rings is 1. The van der Waals surface area contributed by atoms with Gasteiger partial charge in [0.15, 0.2) is 0 Å². The first-order valence-corrected chi connectivity index (χ1v) is 8.18. The van der Waals surface area contributed by atoms with Crippen molar-refractivity contribution in [2.75, 3.05) is 24.2 Å². The molecule has 0 unspecified atom stereocenters. The Balaban J connectivity index is 0.00000220. The Bertz CT molecular complexity index is 459. The Hall–Kier alpha value is -0.750. The first kappa shape index (κ1) is 18.3. The van der Waals surface area contributed by atoms with Crippen molar-refractivity contribution in [1.29, 1.82) is 0 Å². The number of thioether (sulfide) groups is 1. The van der Waals surface area contributed by atoms with Crippen LogP contribution in [-0.4, -0.2) is 37.0 Å². The highest BCUT2D eigenvalue weighted by molar-refractivity contribution is 7.98. The van der Waals surface area contributed by atoms with Gasteiger partial charge in [-0.2, -0.15) is 11.8 Å². The molecule has 0 aliphatic carbocycles. The van der Waals surface area contributed by atoms with Crippen molar-refractivity contribution >= 4 is 35.8 Å². The summed E-state index contributed by atoms with van der Waals surface area (Å²) in [6, 6.07) is 7.75. The average molecular weight is 331 g/mol. The molecule has 21 heavy (non-hydrogen) atoms. The van der Waals surface area contributed by atoms with Crippen molar-refractivity contribution < 1.29 is 9.53 Å². The summed E-state index contributed by atoms with van der Waals surface area (Å²) in [5.74, 6) is 2.04. The number of rotatable bonds is 5. The quantitative estimate of drug-likeness (QED) is 0.871. The maximum Gasteiger partial charge on any atom is 0.244 e. The molecular formula is C15H23ClN2O2S. The van der Waals surface area contributed by atoms with Crippen LogP contribution in [0.3, 0.4) is 0 Å². The number of halogens is 1. The fourth-order valence-corrected chi connectivity index (χ4v) is 2.83. The molecule has 0 bridgehead atoms. The van der Waals surface area contributed by atoms with Crippen molar-refractivity contribution in [1.82, 2.24) is 5.32 Å². The minimum atomic E-state index is -0.280. The fraction of sp³-hybridized carbons (Fsp3) is 0.533. The van der Waals surface area contributed by atoms with Crippen LogP contribution >= 0.6 is 24.2 Å². The largest absolute Gasteiger partial charge is 0.375 e. The van der Waals surface area contributed by atoms with E-state index in [0.717, 1.165) is 23.7 Å². The van der Waals surface area contributed by atoms with Gasteiger partial charge in [0.2, 0.25) is 5.91 Å².